The van der Waals surface area contributed by atoms with Crippen molar-refractivity contribution in [1.29, 1.82) is 0 Å². The Hall–Kier alpha value is -1.43. The van der Waals surface area contributed by atoms with Gasteiger partial charge in [0, 0.05) is 42.0 Å². The van der Waals surface area contributed by atoms with E-state index in [4.69, 9.17) is 0 Å². The van der Waals surface area contributed by atoms with Crippen molar-refractivity contribution in [2.75, 3.05) is 31.9 Å². The van der Waals surface area contributed by atoms with Crippen LogP contribution >= 0.6 is 23.1 Å². The number of sulfonamides is 1. The lowest BCUT2D eigenvalue weighted by atomic mass is 10.3. The first-order valence-corrected chi connectivity index (χ1v) is 12.3. The van der Waals surface area contributed by atoms with Crippen LogP contribution in [0.2, 0.25) is 0 Å². The van der Waals surface area contributed by atoms with E-state index >= 15 is 0 Å². The van der Waals surface area contributed by atoms with E-state index in [0.717, 1.165) is 9.75 Å². The van der Waals surface area contributed by atoms with Gasteiger partial charge in [-0.05, 0) is 33.8 Å². The molecule has 2 aromatic heterocycles. The number of rotatable bonds is 6. The standard InChI is InChI=1S/C17H25N5O3S3/c1-12(2)22-11-18-19-17(22)26-10-16(23)20-5-7-21(8-6-20)28(24,25)15-9-13(3)27-14(15)4/h9,11-12H,5-8,10H2,1-4H3. The SMILES string of the molecule is Cc1cc(S(=O)(=O)N2CCN(C(=O)CSc3nncn3C(C)C)CC2)c(C)s1. The highest BCUT2D eigenvalue weighted by atomic mass is 32.2. The fourth-order valence-corrected chi connectivity index (χ4v) is 6.98. The molecule has 3 heterocycles. The van der Waals surface area contributed by atoms with Crippen LogP contribution in [0.1, 0.15) is 29.6 Å². The maximum atomic E-state index is 12.9. The van der Waals surface area contributed by atoms with Gasteiger partial charge < -0.3 is 9.47 Å². The van der Waals surface area contributed by atoms with E-state index in [9.17, 15) is 13.2 Å². The first-order chi connectivity index (χ1) is 13.2. The zero-order valence-electron chi connectivity index (χ0n) is 16.5. The molecule has 0 atom stereocenters. The van der Waals surface area contributed by atoms with E-state index in [2.05, 4.69) is 10.2 Å². The molecule has 0 unspecified atom stereocenters. The summed E-state index contributed by atoms with van der Waals surface area (Å²) in [7, 11) is -3.50. The van der Waals surface area contributed by atoms with Gasteiger partial charge in [0.1, 0.15) is 6.33 Å². The molecule has 3 rings (SSSR count). The number of carbonyl (C=O) groups is 1. The molecule has 154 valence electrons. The number of piperazine rings is 1. The summed E-state index contributed by atoms with van der Waals surface area (Å²) in [5, 5.41) is 8.68. The molecule has 1 fully saturated rings. The molecule has 0 aromatic carbocycles. The lowest BCUT2D eigenvalue weighted by Gasteiger charge is -2.34. The Morgan fingerprint density at radius 1 is 1.25 bits per heavy atom. The molecular formula is C17H25N5O3S3. The monoisotopic (exact) mass is 443 g/mol. The molecule has 1 saturated heterocycles. The molecule has 0 N–H and O–H groups in total. The van der Waals surface area contributed by atoms with Gasteiger partial charge in [0.25, 0.3) is 0 Å². The molecule has 0 radical (unpaired) electrons. The average Bonchev–Trinajstić information content (AvgIpc) is 3.26. The zero-order chi connectivity index (χ0) is 20.5. The number of hydrogen-bond acceptors (Lipinski definition) is 7. The van der Waals surface area contributed by atoms with Gasteiger partial charge in [0.15, 0.2) is 5.16 Å². The van der Waals surface area contributed by atoms with E-state index in [0.29, 0.717) is 36.2 Å². The Labute approximate surface area is 174 Å². The summed E-state index contributed by atoms with van der Waals surface area (Å²) in [4.78, 5) is 16.4. The van der Waals surface area contributed by atoms with Gasteiger partial charge >= 0.3 is 0 Å². The average molecular weight is 444 g/mol. The minimum atomic E-state index is -3.50. The third kappa shape index (κ3) is 4.42. The maximum absolute atomic E-state index is 12.9. The van der Waals surface area contributed by atoms with Gasteiger partial charge in [0.2, 0.25) is 15.9 Å². The number of aryl methyl sites for hydroxylation is 2. The second-order valence-corrected chi connectivity index (χ2v) is 11.3. The second-order valence-electron chi connectivity index (χ2n) is 6.97. The molecule has 11 heteroatoms. The van der Waals surface area contributed by atoms with Crippen LogP contribution in [0.3, 0.4) is 0 Å². The fourth-order valence-electron chi connectivity index (χ4n) is 3.09. The summed E-state index contributed by atoms with van der Waals surface area (Å²) >= 11 is 2.85. The van der Waals surface area contributed by atoms with Crippen LogP contribution in [0.25, 0.3) is 0 Å². The van der Waals surface area contributed by atoms with Crippen LogP contribution < -0.4 is 0 Å². The van der Waals surface area contributed by atoms with E-state index < -0.39 is 10.0 Å². The number of aromatic nitrogens is 3. The Balaban J connectivity index is 1.57. The van der Waals surface area contributed by atoms with Crippen molar-refractivity contribution in [3.05, 3.63) is 22.1 Å². The highest BCUT2D eigenvalue weighted by Crippen LogP contribution is 2.28. The number of thiophene rings is 1. The van der Waals surface area contributed by atoms with Crippen LogP contribution in [0.5, 0.6) is 0 Å². The van der Waals surface area contributed by atoms with Crippen LogP contribution in [0.4, 0.5) is 0 Å². The fraction of sp³-hybridized carbons (Fsp3) is 0.588. The number of hydrogen-bond donors (Lipinski definition) is 0. The van der Waals surface area contributed by atoms with E-state index in [1.54, 1.807) is 17.3 Å². The molecule has 2 aromatic rings. The van der Waals surface area contributed by atoms with Gasteiger partial charge in [-0.2, -0.15) is 4.31 Å². The van der Waals surface area contributed by atoms with Gasteiger partial charge in [-0.3, -0.25) is 4.79 Å². The molecule has 0 saturated carbocycles. The van der Waals surface area contributed by atoms with Crippen LogP contribution in [-0.4, -0.2) is 70.2 Å². The minimum Gasteiger partial charge on any atom is -0.339 e. The number of thioether (sulfide) groups is 1. The van der Waals surface area contributed by atoms with Crippen molar-refractivity contribution in [2.45, 2.75) is 43.8 Å². The van der Waals surface area contributed by atoms with E-state index in [1.165, 1.54) is 27.4 Å². The predicted molar refractivity (Wildman–Crippen MR) is 110 cm³/mol. The summed E-state index contributed by atoms with van der Waals surface area (Å²) < 4.78 is 29.2. The normalized spacial score (nSPS) is 16.1. The van der Waals surface area contributed by atoms with Crippen molar-refractivity contribution in [3.8, 4) is 0 Å². The van der Waals surface area contributed by atoms with Crippen molar-refractivity contribution < 1.29 is 13.2 Å². The zero-order valence-corrected chi connectivity index (χ0v) is 18.9. The molecule has 8 nitrogen and oxygen atoms in total. The van der Waals surface area contributed by atoms with Crippen LogP contribution in [0, 0.1) is 13.8 Å². The van der Waals surface area contributed by atoms with Gasteiger partial charge in [-0.25, -0.2) is 8.42 Å². The lowest BCUT2D eigenvalue weighted by Crippen LogP contribution is -2.51. The first kappa shape index (κ1) is 21.3. The second kappa shape index (κ2) is 8.52. The number of nitrogens with zero attached hydrogens (tertiary/aromatic N) is 5. The molecule has 0 bridgehead atoms. The van der Waals surface area contributed by atoms with Crippen LogP contribution in [-0.2, 0) is 14.8 Å². The maximum Gasteiger partial charge on any atom is 0.244 e. The Morgan fingerprint density at radius 2 is 1.93 bits per heavy atom. The highest BCUT2D eigenvalue weighted by Gasteiger charge is 2.31. The quantitative estimate of drug-likeness (QED) is 0.636. The number of amides is 1. The molecular weight excluding hydrogens is 418 g/mol. The highest BCUT2D eigenvalue weighted by molar-refractivity contribution is 7.99. The largest absolute Gasteiger partial charge is 0.339 e. The smallest absolute Gasteiger partial charge is 0.244 e. The van der Waals surface area contributed by atoms with Crippen molar-refractivity contribution in [1.82, 2.24) is 24.0 Å². The molecule has 0 spiro atoms. The summed E-state index contributed by atoms with van der Waals surface area (Å²) in [6.07, 6.45) is 1.66. The van der Waals surface area contributed by atoms with Crippen molar-refractivity contribution in [3.63, 3.8) is 0 Å². The third-order valence-electron chi connectivity index (χ3n) is 4.63. The van der Waals surface area contributed by atoms with Crippen molar-refractivity contribution >= 4 is 39.0 Å². The molecule has 1 aliphatic rings. The van der Waals surface area contributed by atoms with Gasteiger partial charge in [-0.15, -0.1) is 21.5 Å². The van der Waals surface area contributed by atoms with Crippen LogP contribution in [0.15, 0.2) is 22.4 Å². The van der Waals surface area contributed by atoms with Crippen molar-refractivity contribution in [2.24, 2.45) is 0 Å². The van der Waals surface area contributed by atoms with E-state index in [1.807, 2.05) is 32.3 Å². The Bertz CT molecular complexity index is 943. The molecule has 0 aliphatic carbocycles. The first-order valence-electron chi connectivity index (χ1n) is 9.07. The molecule has 1 amide bonds. The summed E-state index contributed by atoms with van der Waals surface area (Å²) in [5.74, 6) is 0.254. The number of carbonyl (C=O) groups excluding carboxylic acids is 1. The molecule has 28 heavy (non-hydrogen) atoms. The minimum absolute atomic E-state index is 0.0112. The van der Waals surface area contributed by atoms with Gasteiger partial charge in [-0.1, -0.05) is 11.8 Å². The summed E-state index contributed by atoms with van der Waals surface area (Å²) in [6.45, 7) is 9.24. The lowest BCUT2D eigenvalue weighted by molar-refractivity contribution is -0.129. The topological polar surface area (TPSA) is 88.4 Å². The van der Waals surface area contributed by atoms with E-state index in [-0.39, 0.29) is 17.7 Å². The Morgan fingerprint density at radius 3 is 2.50 bits per heavy atom. The Kier molecular flexibility index (Phi) is 6.47. The summed E-state index contributed by atoms with van der Waals surface area (Å²) in [5.41, 5.74) is 0. The van der Waals surface area contributed by atoms with Gasteiger partial charge in [0.05, 0.1) is 10.6 Å². The predicted octanol–water partition coefficient (Wildman–Crippen LogP) is 2.16. The third-order valence-corrected chi connectivity index (χ3v) is 8.69. The summed E-state index contributed by atoms with van der Waals surface area (Å²) in [6, 6.07) is 1.96. The molecule has 1 aliphatic heterocycles.